The summed E-state index contributed by atoms with van der Waals surface area (Å²) in [5.74, 6) is -1.08. The third-order valence-electron chi connectivity index (χ3n) is 2.22. The molecule has 5 heteroatoms. The fourth-order valence-corrected chi connectivity index (χ4v) is 1.44. The van der Waals surface area contributed by atoms with Gasteiger partial charge in [0, 0.05) is 6.42 Å². The number of alkyl carbamates (subject to hydrolysis) is 1. The second-order valence-electron chi connectivity index (χ2n) is 4.18. The van der Waals surface area contributed by atoms with Gasteiger partial charge in [0.2, 0.25) is 0 Å². The molecule has 0 unspecified atom stereocenters. The zero-order valence-corrected chi connectivity index (χ0v) is 10.4. The van der Waals surface area contributed by atoms with Crippen LogP contribution >= 0.6 is 0 Å². The third-order valence-corrected chi connectivity index (χ3v) is 2.22. The van der Waals surface area contributed by atoms with Crippen molar-refractivity contribution in [3.05, 3.63) is 35.9 Å². The maximum Gasteiger partial charge on any atom is 0.408 e. The normalized spacial score (nSPS) is 11.9. The van der Waals surface area contributed by atoms with Crippen molar-refractivity contribution >= 4 is 12.1 Å². The van der Waals surface area contributed by atoms with Crippen molar-refractivity contribution in [2.45, 2.75) is 32.4 Å². The van der Waals surface area contributed by atoms with E-state index in [1.807, 2.05) is 30.3 Å². The molecule has 0 aliphatic rings. The molecule has 5 nitrogen and oxygen atoms in total. The number of nitrogens with one attached hydrogen (secondary N) is 1. The van der Waals surface area contributed by atoms with E-state index in [1.165, 1.54) is 0 Å². The summed E-state index contributed by atoms with van der Waals surface area (Å²) in [6, 6.07) is 8.12. The van der Waals surface area contributed by atoms with Crippen molar-refractivity contribution in [1.82, 2.24) is 5.32 Å². The van der Waals surface area contributed by atoms with E-state index in [4.69, 9.17) is 9.84 Å². The standard InChI is InChI=1S/C13H17NO4/c1-9(2)18-13(17)14-11(12(15)16)8-10-6-4-3-5-7-10/h3-7,9,11H,8H2,1-2H3,(H,14,17)(H,15,16)/t11-/m0/s1. The second-order valence-corrected chi connectivity index (χ2v) is 4.18. The molecule has 18 heavy (non-hydrogen) atoms. The van der Waals surface area contributed by atoms with Crippen LogP contribution in [0.3, 0.4) is 0 Å². The van der Waals surface area contributed by atoms with Gasteiger partial charge in [0.15, 0.2) is 0 Å². The minimum atomic E-state index is -1.08. The lowest BCUT2D eigenvalue weighted by molar-refractivity contribution is -0.139. The molecule has 1 atom stereocenters. The van der Waals surface area contributed by atoms with Crippen LogP contribution in [0.4, 0.5) is 4.79 Å². The van der Waals surface area contributed by atoms with E-state index in [0.717, 1.165) is 5.56 Å². The van der Waals surface area contributed by atoms with Gasteiger partial charge >= 0.3 is 12.1 Å². The first-order valence-corrected chi connectivity index (χ1v) is 5.73. The number of hydrogen-bond donors (Lipinski definition) is 2. The average Bonchev–Trinajstić information content (AvgIpc) is 2.28. The van der Waals surface area contributed by atoms with Crippen LogP contribution in [0, 0.1) is 0 Å². The summed E-state index contributed by atoms with van der Waals surface area (Å²) in [6.07, 6.45) is -0.770. The van der Waals surface area contributed by atoms with Gasteiger partial charge in [0.05, 0.1) is 6.10 Å². The number of carbonyl (C=O) groups excluding carboxylic acids is 1. The number of carbonyl (C=O) groups is 2. The Morgan fingerprint density at radius 1 is 1.28 bits per heavy atom. The van der Waals surface area contributed by atoms with Crippen molar-refractivity contribution in [3.8, 4) is 0 Å². The Kier molecular flexibility index (Phi) is 5.17. The summed E-state index contributed by atoms with van der Waals surface area (Å²) >= 11 is 0. The maximum atomic E-state index is 11.4. The Balaban J connectivity index is 2.61. The number of amides is 1. The smallest absolute Gasteiger partial charge is 0.408 e. The van der Waals surface area contributed by atoms with Gasteiger partial charge in [-0.2, -0.15) is 0 Å². The molecule has 0 aliphatic heterocycles. The van der Waals surface area contributed by atoms with Crippen LogP contribution < -0.4 is 5.32 Å². The summed E-state index contributed by atoms with van der Waals surface area (Å²) in [7, 11) is 0. The number of carboxylic acid groups (broad SMARTS) is 1. The van der Waals surface area contributed by atoms with Crippen molar-refractivity contribution in [1.29, 1.82) is 0 Å². The Morgan fingerprint density at radius 3 is 2.39 bits per heavy atom. The van der Waals surface area contributed by atoms with Gasteiger partial charge in [-0.15, -0.1) is 0 Å². The van der Waals surface area contributed by atoms with E-state index < -0.39 is 18.1 Å². The molecular weight excluding hydrogens is 234 g/mol. The first-order chi connectivity index (χ1) is 8.49. The molecule has 0 heterocycles. The van der Waals surface area contributed by atoms with E-state index in [9.17, 15) is 9.59 Å². The Hall–Kier alpha value is -2.04. The average molecular weight is 251 g/mol. The summed E-state index contributed by atoms with van der Waals surface area (Å²) in [4.78, 5) is 22.4. The first-order valence-electron chi connectivity index (χ1n) is 5.73. The Labute approximate surface area is 106 Å². The van der Waals surface area contributed by atoms with Gasteiger partial charge in [0.1, 0.15) is 6.04 Å². The quantitative estimate of drug-likeness (QED) is 0.837. The highest BCUT2D eigenvalue weighted by molar-refractivity contribution is 5.80. The number of carboxylic acids is 1. The van der Waals surface area contributed by atoms with Gasteiger partial charge in [-0.05, 0) is 19.4 Å². The molecule has 1 aromatic rings. The molecule has 98 valence electrons. The number of ether oxygens (including phenoxy) is 1. The lowest BCUT2D eigenvalue weighted by atomic mass is 10.1. The Bertz CT molecular complexity index is 403. The predicted octanol–water partition coefficient (Wildman–Crippen LogP) is 1.82. The summed E-state index contributed by atoms with van der Waals surface area (Å²) in [5, 5.41) is 11.4. The van der Waals surface area contributed by atoms with Crippen LogP contribution in [0.15, 0.2) is 30.3 Å². The topological polar surface area (TPSA) is 75.6 Å². The molecule has 0 saturated carbocycles. The zero-order chi connectivity index (χ0) is 13.5. The molecule has 1 aromatic carbocycles. The van der Waals surface area contributed by atoms with E-state index in [0.29, 0.717) is 0 Å². The molecule has 1 amide bonds. The van der Waals surface area contributed by atoms with Crippen LogP contribution in [0.1, 0.15) is 19.4 Å². The molecule has 0 spiro atoms. The number of aliphatic carboxylic acids is 1. The van der Waals surface area contributed by atoms with E-state index in [2.05, 4.69) is 5.32 Å². The Morgan fingerprint density at radius 2 is 1.89 bits per heavy atom. The molecule has 0 radical (unpaired) electrons. The molecule has 0 fully saturated rings. The van der Waals surface area contributed by atoms with Crippen LogP contribution in [0.2, 0.25) is 0 Å². The van der Waals surface area contributed by atoms with Gasteiger partial charge in [0.25, 0.3) is 0 Å². The lowest BCUT2D eigenvalue weighted by Crippen LogP contribution is -2.43. The monoisotopic (exact) mass is 251 g/mol. The minimum Gasteiger partial charge on any atom is -0.480 e. The second kappa shape index (κ2) is 6.64. The van der Waals surface area contributed by atoms with Crippen LogP contribution in [0.5, 0.6) is 0 Å². The van der Waals surface area contributed by atoms with Gasteiger partial charge in [-0.1, -0.05) is 30.3 Å². The van der Waals surface area contributed by atoms with Gasteiger partial charge in [-0.25, -0.2) is 9.59 Å². The summed E-state index contributed by atoms with van der Waals surface area (Å²) in [5.41, 5.74) is 0.842. The van der Waals surface area contributed by atoms with Crippen molar-refractivity contribution in [2.24, 2.45) is 0 Å². The highest BCUT2D eigenvalue weighted by atomic mass is 16.6. The lowest BCUT2D eigenvalue weighted by Gasteiger charge is -2.15. The number of hydrogen-bond acceptors (Lipinski definition) is 3. The first kappa shape index (κ1) is 14.0. The van der Waals surface area contributed by atoms with Crippen molar-refractivity contribution in [3.63, 3.8) is 0 Å². The molecule has 1 rings (SSSR count). The van der Waals surface area contributed by atoms with E-state index >= 15 is 0 Å². The largest absolute Gasteiger partial charge is 0.480 e. The van der Waals surface area contributed by atoms with Gasteiger partial charge in [-0.3, -0.25) is 0 Å². The van der Waals surface area contributed by atoms with E-state index in [-0.39, 0.29) is 12.5 Å². The molecule has 0 saturated heterocycles. The molecular formula is C13H17NO4. The molecule has 0 bridgehead atoms. The number of benzene rings is 1. The molecule has 0 aromatic heterocycles. The zero-order valence-electron chi connectivity index (χ0n) is 10.4. The number of rotatable bonds is 5. The SMILES string of the molecule is CC(C)OC(=O)N[C@@H](Cc1ccccc1)C(=O)O. The van der Waals surface area contributed by atoms with E-state index in [1.54, 1.807) is 13.8 Å². The van der Waals surface area contributed by atoms with Crippen LogP contribution in [0.25, 0.3) is 0 Å². The third kappa shape index (κ3) is 4.86. The maximum absolute atomic E-state index is 11.4. The summed E-state index contributed by atoms with van der Waals surface area (Å²) < 4.78 is 4.86. The highest BCUT2D eigenvalue weighted by Gasteiger charge is 2.21. The minimum absolute atomic E-state index is 0.226. The molecule has 0 aliphatic carbocycles. The van der Waals surface area contributed by atoms with Crippen molar-refractivity contribution in [2.75, 3.05) is 0 Å². The predicted molar refractivity (Wildman–Crippen MR) is 66.3 cm³/mol. The summed E-state index contributed by atoms with van der Waals surface area (Å²) in [6.45, 7) is 3.40. The van der Waals surface area contributed by atoms with Crippen LogP contribution in [-0.2, 0) is 16.0 Å². The van der Waals surface area contributed by atoms with Crippen molar-refractivity contribution < 1.29 is 19.4 Å². The fraction of sp³-hybridized carbons (Fsp3) is 0.385. The van der Waals surface area contributed by atoms with Gasteiger partial charge < -0.3 is 15.2 Å². The fourth-order valence-electron chi connectivity index (χ4n) is 1.44. The van der Waals surface area contributed by atoms with Crippen LogP contribution in [-0.4, -0.2) is 29.3 Å². The molecule has 2 N–H and O–H groups in total. The highest BCUT2D eigenvalue weighted by Crippen LogP contribution is 2.04.